The molecule has 6 N–H and O–H groups in total. The van der Waals surface area contributed by atoms with E-state index in [-0.39, 0.29) is 0 Å². The topological polar surface area (TPSA) is 148 Å². The molecule has 0 aromatic heterocycles. The highest BCUT2D eigenvalue weighted by atomic mass is 16.5. The van der Waals surface area contributed by atoms with Crippen molar-refractivity contribution in [3.8, 4) is 0 Å². The van der Waals surface area contributed by atoms with Gasteiger partial charge >= 0.3 is 5.97 Å². The Labute approximate surface area is 91.3 Å². The lowest BCUT2D eigenvalue weighted by Gasteiger charge is -2.27. The van der Waals surface area contributed by atoms with Gasteiger partial charge in [0.15, 0.2) is 6.10 Å². The van der Waals surface area contributed by atoms with Crippen molar-refractivity contribution in [2.24, 2.45) is 0 Å². The van der Waals surface area contributed by atoms with Crippen LogP contribution in [0.2, 0.25) is 0 Å². The molecular weight excluding hydrogens is 224 g/mol. The number of aliphatic hydroxyl groups excluding tert-OH is 6. The molecule has 0 amide bonds. The summed E-state index contributed by atoms with van der Waals surface area (Å²) < 4.78 is 4.10. The Morgan fingerprint density at radius 1 is 1.06 bits per heavy atom. The van der Waals surface area contributed by atoms with Gasteiger partial charge in [0.05, 0.1) is 13.7 Å². The molecule has 0 fully saturated rings. The molecule has 0 radical (unpaired) electrons. The lowest BCUT2D eigenvalue weighted by atomic mass is 9.99. The van der Waals surface area contributed by atoms with Crippen LogP contribution in [0.25, 0.3) is 0 Å². The van der Waals surface area contributed by atoms with Gasteiger partial charge in [0, 0.05) is 0 Å². The van der Waals surface area contributed by atoms with Crippen LogP contribution in [0.5, 0.6) is 0 Å². The molecule has 0 rings (SSSR count). The van der Waals surface area contributed by atoms with E-state index in [0.29, 0.717) is 0 Å². The second-order valence-electron chi connectivity index (χ2n) is 3.19. The summed E-state index contributed by atoms with van der Waals surface area (Å²) in [6.45, 7) is -0.848. The van der Waals surface area contributed by atoms with Crippen molar-refractivity contribution in [1.82, 2.24) is 0 Å². The van der Waals surface area contributed by atoms with Gasteiger partial charge in [-0.2, -0.15) is 0 Å². The van der Waals surface area contributed by atoms with E-state index in [0.717, 1.165) is 7.11 Å². The van der Waals surface area contributed by atoms with Crippen molar-refractivity contribution in [1.29, 1.82) is 0 Å². The first-order valence-corrected chi connectivity index (χ1v) is 4.45. The Kier molecular flexibility index (Phi) is 6.41. The molecule has 0 bridgehead atoms. The lowest BCUT2D eigenvalue weighted by Crippen LogP contribution is -2.52. The average Bonchev–Trinajstić information content (AvgIpc) is 2.32. The Bertz CT molecular complexity index is 220. The summed E-state index contributed by atoms with van der Waals surface area (Å²) in [4.78, 5) is 10.8. The van der Waals surface area contributed by atoms with Crippen LogP contribution in [0.4, 0.5) is 0 Å². The summed E-state index contributed by atoms with van der Waals surface area (Å²) in [5, 5.41) is 54.2. The Morgan fingerprint density at radius 3 is 1.94 bits per heavy atom. The first-order chi connectivity index (χ1) is 7.36. The second-order valence-corrected chi connectivity index (χ2v) is 3.19. The van der Waals surface area contributed by atoms with Crippen LogP contribution in [0.15, 0.2) is 0 Å². The van der Waals surface area contributed by atoms with Gasteiger partial charge in [-0.3, -0.25) is 0 Å². The van der Waals surface area contributed by atoms with Crippen LogP contribution in [-0.4, -0.2) is 80.8 Å². The van der Waals surface area contributed by atoms with Crippen molar-refractivity contribution in [2.45, 2.75) is 30.5 Å². The summed E-state index contributed by atoms with van der Waals surface area (Å²) in [5.74, 6) is -1.20. The van der Waals surface area contributed by atoms with Crippen LogP contribution in [0, 0.1) is 0 Å². The zero-order valence-electron chi connectivity index (χ0n) is 8.59. The number of aliphatic hydroxyl groups is 6. The first kappa shape index (κ1) is 15.2. The van der Waals surface area contributed by atoms with Gasteiger partial charge in [0.25, 0.3) is 0 Å². The smallest absolute Gasteiger partial charge is 0.337 e. The van der Waals surface area contributed by atoms with E-state index < -0.39 is 43.1 Å². The third-order valence-corrected chi connectivity index (χ3v) is 2.05. The normalized spacial score (nSPS) is 20.7. The number of esters is 1. The summed E-state index contributed by atoms with van der Waals surface area (Å²) >= 11 is 0. The Hall–Kier alpha value is -0.770. The van der Waals surface area contributed by atoms with E-state index in [9.17, 15) is 20.1 Å². The zero-order chi connectivity index (χ0) is 12.9. The molecule has 0 aromatic rings. The molecule has 0 unspecified atom stereocenters. The van der Waals surface area contributed by atoms with Crippen molar-refractivity contribution in [3.05, 3.63) is 0 Å². The molecule has 0 aliphatic heterocycles. The predicted octanol–water partition coefficient (Wildman–Crippen LogP) is -4.04. The highest BCUT2D eigenvalue weighted by Crippen LogP contribution is 2.09. The van der Waals surface area contributed by atoms with E-state index in [1.54, 1.807) is 0 Å². The van der Waals surface area contributed by atoms with E-state index in [2.05, 4.69) is 4.74 Å². The molecule has 0 saturated heterocycles. The molecule has 5 atom stereocenters. The molecule has 96 valence electrons. The molecule has 16 heavy (non-hydrogen) atoms. The number of methoxy groups -OCH3 is 1. The minimum Gasteiger partial charge on any atom is -0.467 e. The highest BCUT2D eigenvalue weighted by molar-refractivity contribution is 5.75. The summed E-state index contributed by atoms with van der Waals surface area (Å²) in [6, 6.07) is 0. The Morgan fingerprint density at radius 2 is 1.56 bits per heavy atom. The van der Waals surface area contributed by atoms with Crippen LogP contribution >= 0.6 is 0 Å². The van der Waals surface area contributed by atoms with Crippen LogP contribution in [-0.2, 0) is 9.53 Å². The zero-order valence-corrected chi connectivity index (χ0v) is 8.59. The monoisotopic (exact) mass is 240 g/mol. The SMILES string of the molecule is COC(=O)[C@H](O)[C@@H](O)[C@H](O)[C@H](O)[C@H](O)CO. The van der Waals surface area contributed by atoms with E-state index in [4.69, 9.17) is 15.3 Å². The number of carbonyl (C=O) groups excluding carboxylic acids is 1. The summed E-state index contributed by atoms with van der Waals surface area (Å²) in [7, 11) is 0.962. The summed E-state index contributed by atoms with van der Waals surface area (Å²) in [6.07, 6.45) is -9.70. The minimum absolute atomic E-state index is 0.848. The van der Waals surface area contributed by atoms with Gasteiger partial charge in [-0.05, 0) is 0 Å². The molecule has 0 heterocycles. The third kappa shape index (κ3) is 3.67. The molecule has 0 aliphatic carbocycles. The highest BCUT2D eigenvalue weighted by Gasteiger charge is 2.37. The quantitative estimate of drug-likeness (QED) is 0.257. The fraction of sp³-hybridized carbons (Fsp3) is 0.875. The molecule has 0 aliphatic rings. The average molecular weight is 240 g/mol. The molecule has 0 spiro atoms. The van der Waals surface area contributed by atoms with Gasteiger partial charge in [-0.1, -0.05) is 0 Å². The van der Waals surface area contributed by atoms with Crippen molar-refractivity contribution in [2.75, 3.05) is 13.7 Å². The van der Waals surface area contributed by atoms with Gasteiger partial charge < -0.3 is 35.4 Å². The standard InChI is InChI=1S/C8H16O8/c1-16-8(15)7(14)6(13)5(12)4(11)3(10)2-9/h3-7,9-14H,2H2,1H3/t3-,4-,5-,6+,7-/m1/s1. The fourth-order valence-electron chi connectivity index (χ4n) is 0.985. The molecule has 0 saturated carbocycles. The number of hydrogen-bond donors (Lipinski definition) is 6. The largest absolute Gasteiger partial charge is 0.467 e. The maximum absolute atomic E-state index is 10.8. The van der Waals surface area contributed by atoms with Crippen LogP contribution < -0.4 is 0 Å². The van der Waals surface area contributed by atoms with Crippen molar-refractivity contribution >= 4 is 5.97 Å². The van der Waals surface area contributed by atoms with E-state index >= 15 is 0 Å². The maximum atomic E-state index is 10.8. The van der Waals surface area contributed by atoms with Crippen LogP contribution in [0.3, 0.4) is 0 Å². The number of rotatable bonds is 6. The molecular formula is C8H16O8. The summed E-state index contributed by atoms with van der Waals surface area (Å²) in [5.41, 5.74) is 0. The van der Waals surface area contributed by atoms with Crippen molar-refractivity contribution < 1.29 is 40.2 Å². The Balaban J connectivity index is 4.47. The first-order valence-electron chi connectivity index (χ1n) is 4.45. The van der Waals surface area contributed by atoms with E-state index in [1.165, 1.54) is 0 Å². The second kappa shape index (κ2) is 6.74. The minimum atomic E-state index is -2.06. The number of ether oxygens (including phenoxy) is 1. The third-order valence-electron chi connectivity index (χ3n) is 2.05. The van der Waals surface area contributed by atoms with Gasteiger partial charge in [-0.25, -0.2) is 4.79 Å². The fourth-order valence-corrected chi connectivity index (χ4v) is 0.985. The van der Waals surface area contributed by atoms with Gasteiger partial charge in [0.1, 0.15) is 24.4 Å². The predicted molar refractivity (Wildman–Crippen MR) is 49.1 cm³/mol. The number of carbonyl (C=O) groups is 1. The molecule has 0 aromatic carbocycles. The van der Waals surface area contributed by atoms with Crippen molar-refractivity contribution in [3.63, 3.8) is 0 Å². The van der Waals surface area contributed by atoms with Gasteiger partial charge in [-0.15, -0.1) is 0 Å². The van der Waals surface area contributed by atoms with E-state index in [1.807, 2.05) is 0 Å². The van der Waals surface area contributed by atoms with Gasteiger partial charge in [0.2, 0.25) is 0 Å². The molecule has 8 heteroatoms. The molecule has 8 nitrogen and oxygen atoms in total. The van der Waals surface area contributed by atoms with Crippen LogP contribution in [0.1, 0.15) is 0 Å². The maximum Gasteiger partial charge on any atom is 0.337 e. The lowest BCUT2D eigenvalue weighted by molar-refractivity contribution is -0.172. The number of hydrogen-bond acceptors (Lipinski definition) is 8.